The minimum absolute atomic E-state index is 0.306. The maximum atomic E-state index is 10.5. The van der Waals surface area contributed by atoms with Gasteiger partial charge < -0.3 is 9.90 Å². The topological polar surface area (TPSA) is 55.1 Å². The third kappa shape index (κ3) is 2.42. The summed E-state index contributed by atoms with van der Waals surface area (Å²) in [6, 6.07) is 1.91. The van der Waals surface area contributed by atoms with Crippen LogP contribution >= 0.6 is 0 Å². The Morgan fingerprint density at radius 2 is 2.36 bits per heavy atom. The molecule has 78 valence electrons. The standard InChI is InChI=1S/C10H16N2O2/c1-4-8-5-9(12(3)11-8)6-10(2,14)7-13/h5,7,14H,4,6H2,1-3H3. The number of rotatable bonds is 4. The summed E-state index contributed by atoms with van der Waals surface area (Å²) in [7, 11) is 1.81. The van der Waals surface area contributed by atoms with Gasteiger partial charge in [0.25, 0.3) is 0 Å². The average Bonchev–Trinajstić information content (AvgIpc) is 2.47. The van der Waals surface area contributed by atoms with Crippen molar-refractivity contribution in [3.05, 3.63) is 17.5 Å². The van der Waals surface area contributed by atoms with Crippen molar-refractivity contribution in [2.24, 2.45) is 7.05 Å². The summed E-state index contributed by atoms with van der Waals surface area (Å²) >= 11 is 0. The van der Waals surface area contributed by atoms with E-state index in [2.05, 4.69) is 5.10 Å². The highest BCUT2D eigenvalue weighted by molar-refractivity contribution is 5.61. The van der Waals surface area contributed by atoms with Crippen LogP contribution in [0.15, 0.2) is 6.07 Å². The van der Waals surface area contributed by atoms with Crippen molar-refractivity contribution in [2.75, 3.05) is 0 Å². The van der Waals surface area contributed by atoms with Gasteiger partial charge in [0, 0.05) is 19.2 Å². The van der Waals surface area contributed by atoms with Crippen molar-refractivity contribution in [3.63, 3.8) is 0 Å². The first-order valence-electron chi connectivity index (χ1n) is 4.69. The molecule has 0 aromatic carbocycles. The van der Waals surface area contributed by atoms with Gasteiger partial charge in [-0.15, -0.1) is 0 Å². The molecule has 0 bridgehead atoms. The third-order valence-corrected chi connectivity index (χ3v) is 2.18. The van der Waals surface area contributed by atoms with E-state index in [1.165, 1.54) is 6.92 Å². The van der Waals surface area contributed by atoms with Crippen LogP contribution in [0.1, 0.15) is 25.2 Å². The molecule has 1 N–H and O–H groups in total. The Labute approximate surface area is 83.5 Å². The summed E-state index contributed by atoms with van der Waals surface area (Å²) < 4.78 is 1.71. The van der Waals surface area contributed by atoms with Crippen LogP contribution in [0, 0.1) is 0 Å². The van der Waals surface area contributed by atoms with Crippen molar-refractivity contribution in [3.8, 4) is 0 Å². The van der Waals surface area contributed by atoms with Crippen molar-refractivity contribution in [2.45, 2.75) is 32.3 Å². The molecule has 0 saturated carbocycles. The monoisotopic (exact) mass is 196 g/mol. The van der Waals surface area contributed by atoms with Crippen LogP contribution in [-0.2, 0) is 24.7 Å². The molecule has 14 heavy (non-hydrogen) atoms. The Morgan fingerprint density at radius 3 is 2.79 bits per heavy atom. The summed E-state index contributed by atoms with van der Waals surface area (Å²) in [6.07, 6.45) is 1.72. The Balaban J connectivity index is 2.86. The van der Waals surface area contributed by atoms with Gasteiger partial charge in [-0.1, -0.05) is 6.92 Å². The molecule has 4 nitrogen and oxygen atoms in total. The summed E-state index contributed by atoms with van der Waals surface area (Å²) in [5, 5.41) is 13.8. The lowest BCUT2D eigenvalue weighted by atomic mass is 10.0. The Morgan fingerprint density at radius 1 is 1.71 bits per heavy atom. The van der Waals surface area contributed by atoms with E-state index >= 15 is 0 Å². The highest BCUT2D eigenvalue weighted by atomic mass is 16.3. The van der Waals surface area contributed by atoms with Crippen LogP contribution in [-0.4, -0.2) is 26.8 Å². The maximum Gasteiger partial charge on any atom is 0.151 e. The van der Waals surface area contributed by atoms with Crippen molar-refractivity contribution >= 4 is 6.29 Å². The minimum atomic E-state index is -1.29. The first-order valence-corrected chi connectivity index (χ1v) is 4.69. The summed E-state index contributed by atoms with van der Waals surface area (Å²) in [4.78, 5) is 10.5. The molecule has 0 amide bonds. The normalized spacial score (nSPS) is 15.1. The second-order valence-corrected chi connectivity index (χ2v) is 3.76. The molecule has 0 fully saturated rings. The maximum absolute atomic E-state index is 10.5. The number of carbonyl (C=O) groups excluding carboxylic acids is 1. The molecule has 1 aromatic heterocycles. The highest BCUT2D eigenvalue weighted by Gasteiger charge is 2.21. The molecule has 0 aliphatic carbocycles. The average molecular weight is 196 g/mol. The van der Waals surface area contributed by atoms with E-state index in [0.29, 0.717) is 12.7 Å². The van der Waals surface area contributed by atoms with Crippen molar-refractivity contribution in [1.29, 1.82) is 0 Å². The van der Waals surface area contributed by atoms with Crippen LogP contribution in [0.4, 0.5) is 0 Å². The largest absolute Gasteiger partial charge is 0.382 e. The van der Waals surface area contributed by atoms with Crippen LogP contribution in [0.2, 0.25) is 0 Å². The molecule has 1 atom stereocenters. The predicted molar refractivity (Wildman–Crippen MR) is 53.0 cm³/mol. The Bertz CT molecular complexity index is 329. The van der Waals surface area contributed by atoms with E-state index in [1.54, 1.807) is 4.68 Å². The fourth-order valence-corrected chi connectivity index (χ4v) is 1.32. The van der Waals surface area contributed by atoms with Gasteiger partial charge in [0.05, 0.1) is 5.69 Å². The number of hydrogen-bond acceptors (Lipinski definition) is 3. The smallest absolute Gasteiger partial charge is 0.151 e. The molecule has 0 aliphatic rings. The predicted octanol–water partition coefficient (Wildman–Crippen LogP) is 0.475. The molecular formula is C10H16N2O2. The third-order valence-electron chi connectivity index (χ3n) is 2.18. The number of carbonyl (C=O) groups is 1. The number of aromatic nitrogens is 2. The van der Waals surface area contributed by atoms with E-state index in [-0.39, 0.29) is 0 Å². The zero-order valence-corrected chi connectivity index (χ0v) is 8.82. The molecule has 0 spiro atoms. The highest BCUT2D eigenvalue weighted by Crippen LogP contribution is 2.12. The van der Waals surface area contributed by atoms with E-state index in [1.807, 2.05) is 20.0 Å². The first-order chi connectivity index (χ1) is 6.48. The van der Waals surface area contributed by atoms with Gasteiger partial charge in [-0.05, 0) is 19.4 Å². The van der Waals surface area contributed by atoms with Crippen LogP contribution in [0.25, 0.3) is 0 Å². The van der Waals surface area contributed by atoms with Crippen LogP contribution < -0.4 is 0 Å². The first kappa shape index (κ1) is 10.9. The van der Waals surface area contributed by atoms with E-state index in [0.717, 1.165) is 17.8 Å². The van der Waals surface area contributed by atoms with Gasteiger partial charge in [0.2, 0.25) is 0 Å². The molecule has 1 heterocycles. The lowest BCUT2D eigenvalue weighted by molar-refractivity contribution is -0.122. The molecular weight excluding hydrogens is 180 g/mol. The van der Waals surface area contributed by atoms with Gasteiger partial charge >= 0.3 is 0 Å². The lowest BCUT2D eigenvalue weighted by Crippen LogP contribution is -2.29. The summed E-state index contributed by atoms with van der Waals surface area (Å²) in [6.45, 7) is 3.52. The number of nitrogens with zero attached hydrogens (tertiary/aromatic N) is 2. The molecule has 1 unspecified atom stereocenters. The van der Waals surface area contributed by atoms with Gasteiger partial charge in [-0.25, -0.2) is 0 Å². The van der Waals surface area contributed by atoms with Gasteiger partial charge in [0.15, 0.2) is 6.29 Å². The van der Waals surface area contributed by atoms with Crippen molar-refractivity contribution in [1.82, 2.24) is 9.78 Å². The van der Waals surface area contributed by atoms with E-state index < -0.39 is 5.60 Å². The Kier molecular flexibility index (Phi) is 3.06. The minimum Gasteiger partial charge on any atom is -0.382 e. The van der Waals surface area contributed by atoms with Gasteiger partial charge in [-0.3, -0.25) is 4.68 Å². The van der Waals surface area contributed by atoms with E-state index in [4.69, 9.17) is 0 Å². The van der Waals surface area contributed by atoms with Crippen LogP contribution in [0.5, 0.6) is 0 Å². The zero-order chi connectivity index (χ0) is 10.8. The fourth-order valence-electron chi connectivity index (χ4n) is 1.32. The SMILES string of the molecule is CCc1cc(CC(C)(O)C=O)n(C)n1. The van der Waals surface area contributed by atoms with Crippen molar-refractivity contribution < 1.29 is 9.90 Å². The number of aldehydes is 1. The number of aliphatic hydroxyl groups is 1. The summed E-state index contributed by atoms with van der Waals surface area (Å²) in [5.74, 6) is 0. The Hall–Kier alpha value is -1.16. The van der Waals surface area contributed by atoms with Crippen LogP contribution in [0.3, 0.4) is 0 Å². The molecule has 1 rings (SSSR count). The second-order valence-electron chi connectivity index (χ2n) is 3.76. The molecule has 0 saturated heterocycles. The molecule has 1 aromatic rings. The zero-order valence-electron chi connectivity index (χ0n) is 8.82. The van der Waals surface area contributed by atoms with Gasteiger partial charge in [-0.2, -0.15) is 5.10 Å². The number of aryl methyl sites for hydroxylation is 2. The number of hydrogen-bond donors (Lipinski definition) is 1. The quantitative estimate of drug-likeness (QED) is 0.712. The lowest BCUT2D eigenvalue weighted by Gasteiger charge is -2.14. The fraction of sp³-hybridized carbons (Fsp3) is 0.600. The molecule has 0 radical (unpaired) electrons. The van der Waals surface area contributed by atoms with Gasteiger partial charge in [0.1, 0.15) is 5.60 Å². The molecule has 0 aliphatic heterocycles. The second kappa shape index (κ2) is 3.92. The summed E-state index contributed by atoms with van der Waals surface area (Å²) in [5.41, 5.74) is 0.557. The van der Waals surface area contributed by atoms with E-state index in [9.17, 15) is 9.90 Å². The molecule has 4 heteroatoms.